The summed E-state index contributed by atoms with van der Waals surface area (Å²) < 4.78 is 122. The number of imidazole rings is 4. The maximum Gasteiger partial charge on any atom is 0.386 e. The zero-order chi connectivity index (χ0) is 69.8. The molecule has 7 unspecified atom stereocenters. The molecule has 0 radical (unpaired) electrons. The molecule has 0 amide bonds. The Morgan fingerprint density at radius 2 is 1.03 bits per heavy atom. The second-order valence-electron chi connectivity index (χ2n) is 23.7. The summed E-state index contributed by atoms with van der Waals surface area (Å²) >= 11 is 16.1. The number of hydrogen-bond donors (Lipinski definition) is 10. The molecule has 0 aliphatic carbocycles. The molecule has 0 saturated carbocycles. The first kappa shape index (κ1) is 70.2. The van der Waals surface area contributed by atoms with Crippen molar-refractivity contribution in [1.82, 2.24) is 78.1 Å². The van der Waals surface area contributed by atoms with Crippen molar-refractivity contribution in [1.29, 1.82) is 0 Å². The maximum absolute atomic E-state index is 15.3. The van der Waals surface area contributed by atoms with Gasteiger partial charge in [0.1, 0.15) is 89.8 Å². The largest absolute Gasteiger partial charge is 0.387 e. The number of aromatic amines is 2. The second-order valence-corrected chi connectivity index (χ2v) is 32.1. The van der Waals surface area contributed by atoms with Gasteiger partial charge in [-0.3, -0.25) is 55.9 Å². The van der Waals surface area contributed by atoms with Gasteiger partial charge in [0.25, 0.3) is 11.1 Å². The number of nitrogens with one attached hydrogen (secondary N) is 2. The number of aliphatic hydroxyl groups is 1. The van der Waals surface area contributed by atoms with E-state index in [0.717, 1.165) is 0 Å². The number of H-pyrrole nitrogens is 2. The van der Waals surface area contributed by atoms with Crippen molar-refractivity contribution in [2.45, 2.75) is 137 Å². The summed E-state index contributed by atoms with van der Waals surface area (Å²) in [5.74, 6) is -0.321. The molecule has 48 heteroatoms. The zero-order valence-electron chi connectivity index (χ0n) is 52.6. The predicted octanol–water partition coefficient (Wildman–Crippen LogP) is -0.323. The lowest BCUT2D eigenvalue weighted by Gasteiger charge is -2.37. The van der Waals surface area contributed by atoms with Crippen LogP contribution in [0.3, 0.4) is 0 Å². The summed E-state index contributed by atoms with van der Waals surface area (Å²) in [6, 6.07) is 0. The lowest BCUT2D eigenvalue weighted by atomic mass is 9.94. The summed E-state index contributed by atoms with van der Waals surface area (Å²) in [6.45, 7) is -10.9. The fraction of sp³-hybridized carbons (Fsp3) is 0.608. The van der Waals surface area contributed by atoms with Crippen LogP contribution in [0.25, 0.3) is 44.7 Å². The SMILES string of the molecule is CC[C@H]1O[C@@H](n2cnc3c(=O)[nH]c(N)nc32)[C@@H](OCCOC)[C@H]1OP(O)(=S)OC[C@]12O[C@@H](n3cnc4c(N)ncnc43)[C@@H](O[C@H]1C)C2OP(=O)(S)OC[C@H]1O[C@@H](n2cnc3c(N)ncnc32)[C@@H](OCCOC)C1OP(O)(=S)OC[C@]12O[C@@H](n3cnc4c(=O)[nH]c(N)nc43)C(O[C@H]1C)C2O. The number of aliphatic hydroxyl groups excluding tert-OH is 1. The number of nitrogens with zero attached hydrogens (tertiary/aromatic N) is 14. The third-order valence-electron chi connectivity index (χ3n) is 17.9. The number of rotatable bonds is 28. The normalized spacial score (nSPS) is 33.1. The van der Waals surface area contributed by atoms with E-state index in [2.05, 4.69) is 72.1 Å². The molecule has 99 heavy (non-hydrogen) atoms. The molecule has 14 rings (SSSR count). The highest BCUT2D eigenvalue weighted by atomic mass is 32.7. The van der Waals surface area contributed by atoms with Crippen LogP contribution in [0.15, 0.2) is 47.6 Å². The van der Waals surface area contributed by atoms with E-state index in [9.17, 15) is 24.5 Å². The van der Waals surface area contributed by atoms with E-state index in [-0.39, 0.29) is 101 Å². The molecule has 0 spiro atoms. The third-order valence-corrected chi connectivity index (χ3v) is 22.6. The van der Waals surface area contributed by atoms with E-state index in [1.165, 1.54) is 70.5 Å². The number of ether oxygens (including phenoxy) is 10. The molecule has 6 aliphatic rings. The Hall–Kier alpha value is -5.88. The van der Waals surface area contributed by atoms with E-state index < -0.39 is 161 Å². The van der Waals surface area contributed by atoms with Gasteiger partial charge in [-0.15, -0.1) is 0 Å². The molecule has 6 saturated heterocycles. The van der Waals surface area contributed by atoms with Gasteiger partial charge in [0.2, 0.25) is 11.9 Å². The summed E-state index contributed by atoms with van der Waals surface area (Å²) in [7, 11) is 2.92. The quantitative estimate of drug-likeness (QED) is 0.0171. The second kappa shape index (κ2) is 27.1. The van der Waals surface area contributed by atoms with Gasteiger partial charge in [0, 0.05) is 14.2 Å². The monoisotopic (exact) mass is 1500 g/mol. The van der Waals surface area contributed by atoms with Crippen LogP contribution in [-0.2, 0) is 103 Å². The van der Waals surface area contributed by atoms with Gasteiger partial charge >= 0.3 is 20.2 Å². The highest BCUT2D eigenvalue weighted by Gasteiger charge is 2.70. The molecule has 536 valence electrons. The molecule has 8 aromatic rings. The van der Waals surface area contributed by atoms with Crippen LogP contribution >= 0.6 is 32.5 Å². The third kappa shape index (κ3) is 12.7. The Kier molecular flexibility index (Phi) is 19.2. The topological polar surface area (TPSA) is 544 Å². The number of fused-ring (bicyclic) bond motifs is 8. The molecule has 8 aromatic heterocycles. The smallest absolute Gasteiger partial charge is 0.386 e. The van der Waals surface area contributed by atoms with Gasteiger partial charge in [0.15, 0.2) is 70.2 Å². The van der Waals surface area contributed by atoms with Gasteiger partial charge in [-0.25, -0.2) is 44.4 Å². The highest BCUT2D eigenvalue weighted by molar-refractivity contribution is 8.44. The maximum atomic E-state index is 15.3. The minimum atomic E-state index is -4.83. The fourth-order valence-corrected chi connectivity index (χ4v) is 17.6. The number of nitrogens with two attached hydrogens (primary N) is 4. The lowest BCUT2D eigenvalue weighted by molar-refractivity contribution is -0.215. The average molecular weight is 1500 g/mol. The fourth-order valence-electron chi connectivity index (χ4n) is 13.2. The summed E-state index contributed by atoms with van der Waals surface area (Å²) in [5.41, 5.74) is 20.2. The Morgan fingerprint density at radius 1 is 0.586 bits per heavy atom. The van der Waals surface area contributed by atoms with Crippen molar-refractivity contribution < 1.29 is 94.0 Å². The molecular formula is C51H67N20O22P3S3. The van der Waals surface area contributed by atoms with Gasteiger partial charge in [0.05, 0.1) is 89.9 Å². The molecule has 4 bridgehead atoms. The molecule has 13 N–H and O–H groups in total. The summed E-state index contributed by atoms with van der Waals surface area (Å²) in [6.07, 6.45) is -11.2. The number of nitrogen functional groups attached to an aromatic ring is 4. The van der Waals surface area contributed by atoms with Crippen molar-refractivity contribution in [3.8, 4) is 0 Å². The molecule has 21 atom stereocenters. The van der Waals surface area contributed by atoms with E-state index in [1.807, 2.05) is 0 Å². The van der Waals surface area contributed by atoms with E-state index >= 15 is 4.57 Å². The van der Waals surface area contributed by atoms with Gasteiger partial charge in [-0.2, -0.15) is 9.97 Å². The van der Waals surface area contributed by atoms with Crippen molar-refractivity contribution in [2.75, 3.05) is 83.4 Å². The molecule has 42 nitrogen and oxygen atoms in total. The van der Waals surface area contributed by atoms with Crippen LogP contribution in [0.5, 0.6) is 0 Å². The van der Waals surface area contributed by atoms with Gasteiger partial charge in [-0.05, 0) is 43.9 Å². The first-order chi connectivity index (χ1) is 47.3. The van der Waals surface area contributed by atoms with Crippen LogP contribution in [0.2, 0.25) is 0 Å². The zero-order valence-corrected chi connectivity index (χ0v) is 57.8. The van der Waals surface area contributed by atoms with Crippen LogP contribution in [0, 0.1) is 0 Å². The van der Waals surface area contributed by atoms with Gasteiger partial charge in [-0.1, -0.05) is 19.2 Å². The van der Waals surface area contributed by atoms with Crippen LogP contribution in [0.1, 0.15) is 52.1 Å². The predicted molar refractivity (Wildman–Crippen MR) is 348 cm³/mol. The van der Waals surface area contributed by atoms with Crippen molar-refractivity contribution in [3.05, 3.63) is 58.7 Å². The Morgan fingerprint density at radius 3 is 1.57 bits per heavy atom. The molecule has 6 fully saturated rings. The molecule has 6 aliphatic heterocycles. The Balaban J connectivity index is 0.746. The first-order valence-electron chi connectivity index (χ1n) is 30.4. The Bertz CT molecular complexity index is 4640. The highest BCUT2D eigenvalue weighted by Crippen LogP contribution is 2.63. The average Bonchev–Trinajstić information content (AvgIpc) is 1.55. The van der Waals surface area contributed by atoms with Crippen LogP contribution in [0.4, 0.5) is 23.5 Å². The molecule has 0 aromatic carbocycles. The molecular weight excluding hydrogens is 1430 g/mol. The minimum Gasteiger partial charge on any atom is -0.387 e. The number of hydrogen-bond acceptors (Lipinski definition) is 36. The summed E-state index contributed by atoms with van der Waals surface area (Å²) in [5, 5.41) is 11.9. The van der Waals surface area contributed by atoms with E-state index in [1.54, 1.807) is 20.8 Å². The number of aromatic nitrogens is 16. The Labute approximate surface area is 572 Å². The van der Waals surface area contributed by atoms with Crippen molar-refractivity contribution in [2.24, 2.45) is 0 Å². The number of thiol groups is 1. The van der Waals surface area contributed by atoms with Crippen LogP contribution in [-0.4, -0.2) is 238 Å². The standard InChI is InChI=1S/C51H67N20O22P3S3/c1-6-22-28(30(80-9-7-78-4)45(87-22)70-18-62-26-40(70)64-48(54)66-42(26)73)91-96(77,99)84-13-51-21(3)86-33(47(90-51)69-17-61-25-37(53)57-15-59-39(25)69)35(51)93-94(75,97)82-11-23-29(31(81-10-8-79-5)44(88-23)68-16-60-24-36(52)56-14-58-38(24)68)92-95(76,98)83-12-50-20(2)85-32(34(50)72)46(89-50)71-19-63-27-41(71)65-49(55)67-43(27)74/h14-23,28-35,44-47,72H,6-13H2,1-5H3,(H,75,97)(H,76,98)(H,77,99)(H2,52,56,58)(H2,53,57,59)(H3,54,64,66,73)(H3,55,65,67,74)/t20-,21-,22+,23+,28-,29?,30-,31-,32?,33-,34?,35?,44+,45+,46+,47+,50-,51-,94?,95?,96?/m0/s1. The lowest BCUT2D eigenvalue weighted by Crippen LogP contribution is -2.50. The summed E-state index contributed by atoms with van der Waals surface area (Å²) in [4.78, 5) is 97.7. The first-order valence-corrected chi connectivity index (χ1v) is 38.3. The van der Waals surface area contributed by atoms with Crippen LogP contribution < -0.4 is 34.1 Å². The van der Waals surface area contributed by atoms with Gasteiger partial charge < -0.3 is 94.2 Å². The van der Waals surface area contributed by atoms with Crippen molar-refractivity contribution in [3.63, 3.8) is 0 Å². The minimum absolute atomic E-state index is 0.00446. The van der Waals surface area contributed by atoms with Crippen molar-refractivity contribution >= 4 is 124 Å². The molecule has 14 heterocycles. The number of methoxy groups -OCH3 is 2. The number of anilines is 4. The van der Waals surface area contributed by atoms with E-state index in [4.69, 9.17) is 121 Å². The van der Waals surface area contributed by atoms with E-state index in [0.29, 0.717) is 0 Å².